The van der Waals surface area contributed by atoms with Crippen molar-refractivity contribution in [3.63, 3.8) is 0 Å². The molecule has 2 aliphatic carbocycles. The third-order valence-electron chi connectivity index (χ3n) is 8.95. The molecular formula is C31H33N3O3. The zero-order valence-corrected chi connectivity index (χ0v) is 21.9. The average Bonchev–Trinajstić information content (AvgIpc) is 3.32. The molecule has 4 aliphatic rings. The summed E-state index contributed by atoms with van der Waals surface area (Å²) in [7, 11) is 0. The lowest BCUT2D eigenvalue weighted by Crippen LogP contribution is -2.49. The maximum absolute atomic E-state index is 13.9. The fourth-order valence-electron chi connectivity index (χ4n) is 6.84. The van der Waals surface area contributed by atoms with E-state index in [9.17, 15) is 14.9 Å². The van der Waals surface area contributed by atoms with Gasteiger partial charge in [0.15, 0.2) is 11.6 Å². The fourth-order valence-corrected chi connectivity index (χ4v) is 6.84. The maximum atomic E-state index is 13.9. The van der Waals surface area contributed by atoms with E-state index < -0.39 is 0 Å². The van der Waals surface area contributed by atoms with Crippen LogP contribution in [0, 0.1) is 11.3 Å². The minimum absolute atomic E-state index is 0.00661. The Morgan fingerprint density at radius 3 is 2.46 bits per heavy atom. The van der Waals surface area contributed by atoms with Crippen LogP contribution in [0.1, 0.15) is 76.6 Å². The van der Waals surface area contributed by atoms with Crippen LogP contribution in [0.25, 0.3) is 5.57 Å². The van der Waals surface area contributed by atoms with Gasteiger partial charge in [-0.2, -0.15) is 5.26 Å². The van der Waals surface area contributed by atoms with Gasteiger partial charge < -0.3 is 9.64 Å². The van der Waals surface area contributed by atoms with Gasteiger partial charge in [-0.15, -0.1) is 0 Å². The van der Waals surface area contributed by atoms with Crippen LogP contribution in [-0.4, -0.2) is 61.9 Å². The summed E-state index contributed by atoms with van der Waals surface area (Å²) in [6, 6.07) is 12.4. The molecule has 0 amide bonds. The predicted octanol–water partition coefficient (Wildman–Crippen LogP) is 4.55. The molecule has 0 saturated carbocycles. The van der Waals surface area contributed by atoms with E-state index >= 15 is 0 Å². The van der Waals surface area contributed by atoms with Gasteiger partial charge in [0.1, 0.15) is 0 Å². The number of benzene rings is 2. The van der Waals surface area contributed by atoms with E-state index in [1.807, 2.05) is 18.2 Å². The second kappa shape index (κ2) is 8.93. The standard InChI is InChI=1S/C31H33N3O3/c1-19(35)24-16-25-26(17-28(24)34-8-6-22(7-9-34)33-10-12-37-13-11-33)31(2,3)27-15-21-14-20(18-32)4-5-23(21)29(27)30(25)36/h4-5,14,16-17,22H,6-13,15H2,1-3H3. The van der Waals surface area contributed by atoms with Crippen LogP contribution in [0.2, 0.25) is 0 Å². The molecule has 2 aliphatic heterocycles. The molecule has 190 valence electrons. The lowest BCUT2D eigenvalue weighted by atomic mass is 9.68. The molecule has 2 heterocycles. The van der Waals surface area contributed by atoms with Crippen molar-refractivity contribution < 1.29 is 14.3 Å². The van der Waals surface area contributed by atoms with Crippen molar-refractivity contribution in [3.8, 4) is 6.07 Å². The van der Waals surface area contributed by atoms with Crippen molar-refractivity contribution in [1.29, 1.82) is 5.26 Å². The summed E-state index contributed by atoms with van der Waals surface area (Å²) in [6.45, 7) is 11.4. The molecule has 2 fully saturated rings. The minimum Gasteiger partial charge on any atom is -0.379 e. The second-order valence-electron chi connectivity index (χ2n) is 11.3. The highest BCUT2D eigenvalue weighted by atomic mass is 16.5. The second-order valence-corrected chi connectivity index (χ2v) is 11.3. The summed E-state index contributed by atoms with van der Waals surface area (Å²) in [6.07, 6.45) is 2.79. The van der Waals surface area contributed by atoms with Gasteiger partial charge in [-0.05, 0) is 72.7 Å². The molecule has 0 N–H and O–H groups in total. The van der Waals surface area contributed by atoms with Gasteiger partial charge in [-0.25, -0.2) is 0 Å². The first-order chi connectivity index (χ1) is 17.8. The number of ketones is 2. The molecule has 37 heavy (non-hydrogen) atoms. The Morgan fingerprint density at radius 1 is 1.05 bits per heavy atom. The van der Waals surface area contributed by atoms with Gasteiger partial charge in [0.2, 0.25) is 0 Å². The first-order valence-electron chi connectivity index (χ1n) is 13.4. The molecule has 6 rings (SSSR count). The molecule has 6 heteroatoms. The quantitative estimate of drug-likeness (QED) is 0.582. The average molecular weight is 496 g/mol. The first kappa shape index (κ1) is 24.1. The van der Waals surface area contributed by atoms with E-state index in [1.54, 1.807) is 13.0 Å². The Hall–Kier alpha value is -3.27. The van der Waals surface area contributed by atoms with Crippen molar-refractivity contribution >= 4 is 22.8 Å². The number of carbonyl (C=O) groups is 2. The molecule has 0 spiro atoms. The Bertz CT molecular complexity index is 1380. The van der Waals surface area contributed by atoms with Gasteiger partial charge in [-0.3, -0.25) is 14.5 Å². The van der Waals surface area contributed by atoms with Gasteiger partial charge in [-0.1, -0.05) is 19.9 Å². The number of rotatable bonds is 3. The normalized spacial score (nSPS) is 21.4. The van der Waals surface area contributed by atoms with E-state index in [1.165, 1.54) is 0 Å². The van der Waals surface area contributed by atoms with Crippen molar-refractivity contribution in [2.45, 2.75) is 51.5 Å². The zero-order chi connectivity index (χ0) is 25.9. The molecule has 0 bridgehead atoms. The molecule has 2 aromatic rings. The lowest BCUT2D eigenvalue weighted by molar-refractivity contribution is 0.0115. The predicted molar refractivity (Wildman–Crippen MR) is 143 cm³/mol. The summed E-state index contributed by atoms with van der Waals surface area (Å²) >= 11 is 0. The van der Waals surface area contributed by atoms with E-state index in [0.29, 0.717) is 29.2 Å². The van der Waals surface area contributed by atoms with Crippen molar-refractivity contribution in [2.24, 2.45) is 0 Å². The Labute approximate surface area is 218 Å². The number of anilines is 1. The van der Waals surface area contributed by atoms with Crippen LogP contribution >= 0.6 is 0 Å². The van der Waals surface area contributed by atoms with Crippen molar-refractivity contribution in [2.75, 3.05) is 44.3 Å². The minimum atomic E-state index is -0.361. The smallest absolute Gasteiger partial charge is 0.193 e. The Morgan fingerprint density at radius 2 is 1.78 bits per heavy atom. The summed E-state index contributed by atoms with van der Waals surface area (Å²) < 4.78 is 5.53. The van der Waals surface area contributed by atoms with E-state index in [2.05, 4.69) is 35.8 Å². The van der Waals surface area contributed by atoms with Crippen molar-refractivity contribution in [3.05, 3.63) is 69.3 Å². The van der Waals surface area contributed by atoms with Crippen LogP contribution in [0.5, 0.6) is 0 Å². The number of nitriles is 1. The molecule has 0 aromatic heterocycles. The highest BCUT2D eigenvalue weighted by molar-refractivity contribution is 6.33. The molecule has 6 nitrogen and oxygen atoms in total. The number of ether oxygens (including phenoxy) is 1. The van der Waals surface area contributed by atoms with Gasteiger partial charge in [0.05, 0.1) is 24.8 Å². The van der Waals surface area contributed by atoms with E-state index in [0.717, 1.165) is 85.8 Å². The lowest BCUT2D eigenvalue weighted by Gasteiger charge is -2.42. The largest absolute Gasteiger partial charge is 0.379 e. The number of nitrogens with zero attached hydrogens (tertiary/aromatic N) is 3. The molecule has 0 atom stereocenters. The Kier molecular flexibility index (Phi) is 5.82. The van der Waals surface area contributed by atoms with Crippen LogP contribution in [-0.2, 0) is 16.6 Å². The number of Topliss-reactive ketones (excluding diaryl/α,β-unsaturated/α-hetero) is 2. The number of piperidine rings is 1. The molecule has 2 aromatic carbocycles. The van der Waals surface area contributed by atoms with Gasteiger partial charge in [0, 0.05) is 60.0 Å². The monoisotopic (exact) mass is 495 g/mol. The first-order valence-corrected chi connectivity index (χ1v) is 13.4. The number of fused-ring (bicyclic) bond motifs is 3. The number of carbonyl (C=O) groups excluding carboxylic acids is 2. The number of morpholine rings is 1. The fraction of sp³-hybridized carbons (Fsp3) is 0.452. The number of hydrogen-bond donors (Lipinski definition) is 0. The van der Waals surface area contributed by atoms with Crippen LogP contribution < -0.4 is 4.90 Å². The summed E-state index contributed by atoms with van der Waals surface area (Å²) in [5.74, 6) is -0.0168. The van der Waals surface area contributed by atoms with Gasteiger partial charge >= 0.3 is 0 Å². The third-order valence-corrected chi connectivity index (χ3v) is 8.95. The third kappa shape index (κ3) is 3.84. The molecular weight excluding hydrogens is 462 g/mol. The number of allylic oxidation sites excluding steroid dienone is 2. The van der Waals surface area contributed by atoms with Crippen LogP contribution in [0.4, 0.5) is 5.69 Å². The van der Waals surface area contributed by atoms with E-state index in [4.69, 9.17) is 4.74 Å². The summed E-state index contributed by atoms with van der Waals surface area (Å²) in [4.78, 5) is 31.7. The molecule has 2 saturated heterocycles. The topological polar surface area (TPSA) is 73.6 Å². The number of hydrogen-bond acceptors (Lipinski definition) is 6. The molecule has 0 radical (unpaired) electrons. The van der Waals surface area contributed by atoms with Crippen LogP contribution in [0.15, 0.2) is 35.9 Å². The van der Waals surface area contributed by atoms with Crippen molar-refractivity contribution in [1.82, 2.24) is 4.90 Å². The molecule has 0 unspecified atom stereocenters. The zero-order valence-electron chi connectivity index (χ0n) is 21.9. The highest BCUT2D eigenvalue weighted by Gasteiger charge is 2.44. The highest BCUT2D eigenvalue weighted by Crippen LogP contribution is 2.51. The summed E-state index contributed by atoms with van der Waals surface area (Å²) in [5.41, 5.74) is 7.32. The van der Waals surface area contributed by atoms with Crippen LogP contribution in [0.3, 0.4) is 0 Å². The van der Waals surface area contributed by atoms with Gasteiger partial charge in [0.25, 0.3) is 0 Å². The maximum Gasteiger partial charge on any atom is 0.193 e. The van der Waals surface area contributed by atoms with E-state index in [-0.39, 0.29) is 17.0 Å². The SMILES string of the molecule is CC(=O)c1cc2c(cc1N1CCC(N3CCOCC3)CC1)C(C)(C)C1=C(C2=O)c2ccc(C#N)cc2C1. The summed E-state index contributed by atoms with van der Waals surface area (Å²) in [5, 5.41) is 9.38. The Balaban J connectivity index is 1.36.